The standard InChI is InChI=1S/C13H11BrN4O/c1-9(18-8-11(14)7-16-18)13(19)17-12-5-3-2-4-10(12)6-15/h2-5,7-9H,1H3,(H,17,19). The number of anilines is 1. The average Bonchev–Trinajstić information content (AvgIpc) is 2.85. The lowest BCUT2D eigenvalue weighted by Crippen LogP contribution is -2.24. The fraction of sp³-hybridized carbons (Fsp3) is 0.154. The van der Waals surface area contributed by atoms with Crippen molar-refractivity contribution in [2.24, 2.45) is 0 Å². The molecule has 2 aromatic rings. The van der Waals surface area contributed by atoms with E-state index in [1.54, 1.807) is 48.3 Å². The molecule has 2 rings (SSSR count). The maximum Gasteiger partial charge on any atom is 0.248 e. The van der Waals surface area contributed by atoms with Gasteiger partial charge in [0.05, 0.1) is 21.9 Å². The summed E-state index contributed by atoms with van der Waals surface area (Å²) in [7, 11) is 0. The molecule has 0 saturated heterocycles. The van der Waals surface area contributed by atoms with E-state index in [0.29, 0.717) is 11.3 Å². The van der Waals surface area contributed by atoms with Crippen molar-refractivity contribution in [3.8, 4) is 6.07 Å². The van der Waals surface area contributed by atoms with Crippen LogP contribution in [0, 0.1) is 11.3 Å². The number of carbonyl (C=O) groups excluding carboxylic acids is 1. The number of rotatable bonds is 3. The van der Waals surface area contributed by atoms with Gasteiger partial charge in [0.25, 0.3) is 0 Å². The minimum atomic E-state index is -0.460. The Labute approximate surface area is 119 Å². The van der Waals surface area contributed by atoms with Gasteiger partial charge in [-0.15, -0.1) is 0 Å². The topological polar surface area (TPSA) is 70.7 Å². The van der Waals surface area contributed by atoms with Gasteiger partial charge in [0.2, 0.25) is 5.91 Å². The van der Waals surface area contributed by atoms with E-state index in [1.807, 2.05) is 6.07 Å². The highest BCUT2D eigenvalue weighted by Crippen LogP contribution is 2.17. The number of halogens is 1. The zero-order chi connectivity index (χ0) is 13.8. The highest BCUT2D eigenvalue weighted by Gasteiger charge is 2.16. The van der Waals surface area contributed by atoms with Crippen LogP contribution in [0.5, 0.6) is 0 Å². The highest BCUT2D eigenvalue weighted by atomic mass is 79.9. The minimum absolute atomic E-state index is 0.224. The molecule has 1 aromatic heterocycles. The van der Waals surface area contributed by atoms with E-state index in [0.717, 1.165) is 4.47 Å². The Morgan fingerprint density at radius 3 is 2.89 bits per heavy atom. The zero-order valence-corrected chi connectivity index (χ0v) is 11.8. The first kappa shape index (κ1) is 13.3. The van der Waals surface area contributed by atoms with E-state index in [-0.39, 0.29) is 5.91 Å². The lowest BCUT2D eigenvalue weighted by molar-refractivity contribution is -0.119. The first-order valence-corrected chi connectivity index (χ1v) is 6.41. The van der Waals surface area contributed by atoms with Gasteiger partial charge in [-0.3, -0.25) is 9.48 Å². The summed E-state index contributed by atoms with van der Waals surface area (Å²) in [5, 5.41) is 15.8. The number of para-hydroxylation sites is 1. The molecule has 1 atom stereocenters. The van der Waals surface area contributed by atoms with Gasteiger partial charge in [0.1, 0.15) is 12.1 Å². The Hall–Kier alpha value is -2.13. The van der Waals surface area contributed by atoms with Crippen molar-refractivity contribution < 1.29 is 4.79 Å². The van der Waals surface area contributed by atoms with Crippen molar-refractivity contribution >= 4 is 27.5 Å². The van der Waals surface area contributed by atoms with Gasteiger partial charge in [0.15, 0.2) is 0 Å². The first-order chi connectivity index (χ1) is 9.11. The van der Waals surface area contributed by atoms with E-state index < -0.39 is 6.04 Å². The Morgan fingerprint density at radius 2 is 2.26 bits per heavy atom. The molecule has 1 N–H and O–H groups in total. The summed E-state index contributed by atoms with van der Waals surface area (Å²) in [5.74, 6) is -0.224. The molecule has 0 spiro atoms. The summed E-state index contributed by atoms with van der Waals surface area (Å²) in [6.45, 7) is 1.74. The molecule has 0 aliphatic rings. The van der Waals surface area contributed by atoms with Crippen LogP contribution in [-0.2, 0) is 4.79 Å². The van der Waals surface area contributed by atoms with Gasteiger partial charge in [-0.2, -0.15) is 10.4 Å². The quantitative estimate of drug-likeness (QED) is 0.945. The Morgan fingerprint density at radius 1 is 1.53 bits per heavy atom. The molecule has 0 bridgehead atoms. The van der Waals surface area contributed by atoms with Gasteiger partial charge in [0, 0.05) is 6.20 Å². The molecule has 6 heteroatoms. The van der Waals surface area contributed by atoms with Crippen molar-refractivity contribution in [3.05, 3.63) is 46.7 Å². The number of carbonyl (C=O) groups is 1. The Bertz CT molecular complexity index is 644. The second-order valence-corrected chi connectivity index (χ2v) is 4.88. The molecule has 1 heterocycles. The second-order valence-electron chi connectivity index (χ2n) is 3.96. The molecule has 0 saturated carbocycles. The van der Waals surface area contributed by atoms with Crippen molar-refractivity contribution in [2.45, 2.75) is 13.0 Å². The van der Waals surface area contributed by atoms with Crippen LogP contribution < -0.4 is 5.32 Å². The number of amides is 1. The van der Waals surface area contributed by atoms with Crippen LogP contribution in [0.2, 0.25) is 0 Å². The maximum absolute atomic E-state index is 12.1. The Balaban J connectivity index is 2.15. The molecule has 0 aliphatic heterocycles. The summed E-state index contributed by atoms with van der Waals surface area (Å²) < 4.78 is 2.36. The monoisotopic (exact) mass is 318 g/mol. The van der Waals surface area contributed by atoms with Crippen LogP contribution in [0.25, 0.3) is 0 Å². The summed E-state index contributed by atoms with van der Waals surface area (Å²) in [6.07, 6.45) is 3.34. The number of hydrogen-bond donors (Lipinski definition) is 1. The predicted octanol–water partition coefficient (Wildman–Crippen LogP) is 2.72. The number of benzene rings is 1. The second kappa shape index (κ2) is 5.67. The molecule has 1 unspecified atom stereocenters. The van der Waals surface area contributed by atoms with Gasteiger partial charge < -0.3 is 5.32 Å². The van der Waals surface area contributed by atoms with Gasteiger partial charge in [-0.25, -0.2) is 0 Å². The van der Waals surface area contributed by atoms with Crippen LogP contribution >= 0.6 is 15.9 Å². The van der Waals surface area contributed by atoms with Crippen LogP contribution in [-0.4, -0.2) is 15.7 Å². The van der Waals surface area contributed by atoms with Crippen LogP contribution in [0.1, 0.15) is 18.5 Å². The van der Waals surface area contributed by atoms with E-state index in [9.17, 15) is 4.79 Å². The van der Waals surface area contributed by atoms with Gasteiger partial charge in [-0.1, -0.05) is 12.1 Å². The molecule has 1 amide bonds. The van der Waals surface area contributed by atoms with Crippen LogP contribution in [0.3, 0.4) is 0 Å². The SMILES string of the molecule is CC(C(=O)Nc1ccccc1C#N)n1cc(Br)cn1. The predicted molar refractivity (Wildman–Crippen MR) is 74.4 cm³/mol. The minimum Gasteiger partial charge on any atom is -0.323 e. The van der Waals surface area contributed by atoms with E-state index in [1.165, 1.54) is 0 Å². The largest absolute Gasteiger partial charge is 0.323 e. The number of nitrogens with zero attached hydrogens (tertiary/aromatic N) is 3. The van der Waals surface area contributed by atoms with Crippen molar-refractivity contribution in [3.63, 3.8) is 0 Å². The van der Waals surface area contributed by atoms with E-state index in [2.05, 4.69) is 26.3 Å². The van der Waals surface area contributed by atoms with E-state index in [4.69, 9.17) is 5.26 Å². The first-order valence-electron chi connectivity index (χ1n) is 5.61. The third-order valence-electron chi connectivity index (χ3n) is 2.65. The molecule has 5 nitrogen and oxygen atoms in total. The molecule has 19 heavy (non-hydrogen) atoms. The van der Waals surface area contributed by atoms with Crippen LogP contribution in [0.15, 0.2) is 41.1 Å². The third kappa shape index (κ3) is 3.01. The van der Waals surface area contributed by atoms with E-state index >= 15 is 0 Å². The summed E-state index contributed by atoms with van der Waals surface area (Å²) in [6, 6.07) is 8.45. The zero-order valence-electron chi connectivity index (χ0n) is 10.2. The summed E-state index contributed by atoms with van der Waals surface area (Å²) in [5.41, 5.74) is 0.942. The smallest absolute Gasteiger partial charge is 0.248 e. The number of aromatic nitrogens is 2. The fourth-order valence-electron chi connectivity index (χ4n) is 1.57. The fourth-order valence-corrected chi connectivity index (χ4v) is 1.87. The number of nitrogens with one attached hydrogen (secondary N) is 1. The number of nitriles is 1. The summed E-state index contributed by atoms with van der Waals surface area (Å²) in [4.78, 5) is 12.1. The normalized spacial score (nSPS) is 11.6. The number of hydrogen-bond acceptors (Lipinski definition) is 3. The Kier molecular flexibility index (Phi) is 3.97. The molecule has 0 radical (unpaired) electrons. The van der Waals surface area contributed by atoms with Gasteiger partial charge >= 0.3 is 0 Å². The van der Waals surface area contributed by atoms with Gasteiger partial charge in [-0.05, 0) is 35.0 Å². The molecule has 0 fully saturated rings. The molecule has 0 aliphatic carbocycles. The molecular formula is C13H11BrN4O. The third-order valence-corrected chi connectivity index (χ3v) is 3.06. The van der Waals surface area contributed by atoms with Crippen molar-refractivity contribution in [1.29, 1.82) is 5.26 Å². The molecule has 96 valence electrons. The van der Waals surface area contributed by atoms with Crippen LogP contribution in [0.4, 0.5) is 5.69 Å². The lowest BCUT2D eigenvalue weighted by Gasteiger charge is -2.13. The lowest BCUT2D eigenvalue weighted by atomic mass is 10.2. The highest BCUT2D eigenvalue weighted by molar-refractivity contribution is 9.10. The maximum atomic E-state index is 12.1. The van der Waals surface area contributed by atoms with Crippen molar-refractivity contribution in [1.82, 2.24) is 9.78 Å². The molecular weight excluding hydrogens is 308 g/mol. The molecule has 1 aromatic carbocycles. The van der Waals surface area contributed by atoms with Crippen molar-refractivity contribution in [2.75, 3.05) is 5.32 Å². The average molecular weight is 319 g/mol. The summed E-state index contributed by atoms with van der Waals surface area (Å²) >= 11 is 3.28.